The van der Waals surface area contributed by atoms with Gasteiger partial charge >= 0.3 is 5.97 Å². The van der Waals surface area contributed by atoms with Crippen LogP contribution >= 0.6 is 0 Å². The van der Waals surface area contributed by atoms with E-state index in [-0.39, 0.29) is 23.5 Å². The molecule has 0 aliphatic rings. The van der Waals surface area contributed by atoms with Crippen molar-refractivity contribution in [1.82, 2.24) is 4.57 Å². The number of nitrogens with one attached hydrogen (secondary N) is 1. The molecule has 180 valence electrons. The van der Waals surface area contributed by atoms with Gasteiger partial charge in [-0.25, -0.2) is 4.79 Å². The predicted molar refractivity (Wildman–Crippen MR) is 139 cm³/mol. The number of para-hydroxylation sites is 1. The minimum atomic E-state index is -0.964. The number of ether oxygens (including phenoxy) is 1. The number of hydrogen-bond donors (Lipinski definition) is 2. The first kappa shape index (κ1) is 24.2. The number of carboxylic acid groups (broad SMARTS) is 1. The molecule has 6 heteroatoms. The van der Waals surface area contributed by atoms with Gasteiger partial charge in [0, 0.05) is 23.0 Å². The van der Waals surface area contributed by atoms with Gasteiger partial charge in [-0.1, -0.05) is 51.1 Å². The Morgan fingerprint density at radius 1 is 0.971 bits per heavy atom. The van der Waals surface area contributed by atoms with Crippen LogP contribution in [0, 0.1) is 0 Å². The molecule has 4 aromatic rings. The van der Waals surface area contributed by atoms with Crippen molar-refractivity contribution in [3.63, 3.8) is 0 Å². The van der Waals surface area contributed by atoms with Crippen molar-refractivity contribution in [2.45, 2.75) is 32.6 Å². The van der Waals surface area contributed by atoms with Crippen molar-refractivity contribution in [3.8, 4) is 5.69 Å². The Hall–Kier alpha value is -3.90. The van der Waals surface area contributed by atoms with E-state index in [9.17, 15) is 14.7 Å². The number of anilines is 1. The van der Waals surface area contributed by atoms with Gasteiger partial charge in [-0.2, -0.15) is 0 Å². The van der Waals surface area contributed by atoms with Crippen LogP contribution in [0.2, 0.25) is 0 Å². The van der Waals surface area contributed by atoms with Crippen molar-refractivity contribution in [2.75, 3.05) is 18.5 Å². The van der Waals surface area contributed by atoms with Gasteiger partial charge < -0.3 is 19.7 Å². The van der Waals surface area contributed by atoms with E-state index in [1.807, 2.05) is 71.4 Å². The van der Waals surface area contributed by atoms with Gasteiger partial charge in [0.2, 0.25) is 5.91 Å². The summed E-state index contributed by atoms with van der Waals surface area (Å²) in [5.41, 5.74) is 5.11. The zero-order chi connectivity index (χ0) is 25.0. The van der Waals surface area contributed by atoms with Crippen LogP contribution < -0.4 is 5.32 Å². The standard InChI is InChI=1S/C29H30N2O4/c1-29(2,3)22-10-12-23(13-11-22)30-27(32)19-35-16-15-21-18-31(24-7-5-4-6-8-24)26-14-9-20(28(33)34)17-25(21)26/h4-14,17-18H,15-16,19H2,1-3H3,(H,30,32)(H,33,34). The number of aromatic nitrogens is 1. The van der Waals surface area contributed by atoms with Crippen molar-refractivity contribution < 1.29 is 19.4 Å². The lowest BCUT2D eigenvalue weighted by Gasteiger charge is -2.19. The second kappa shape index (κ2) is 10.2. The van der Waals surface area contributed by atoms with E-state index in [1.54, 1.807) is 12.1 Å². The van der Waals surface area contributed by atoms with Gasteiger partial charge in [-0.3, -0.25) is 4.79 Å². The van der Waals surface area contributed by atoms with E-state index in [1.165, 1.54) is 5.56 Å². The molecule has 0 saturated heterocycles. The lowest BCUT2D eigenvalue weighted by molar-refractivity contribution is -0.120. The summed E-state index contributed by atoms with van der Waals surface area (Å²) in [6.07, 6.45) is 2.55. The normalized spacial score (nSPS) is 11.5. The fourth-order valence-corrected chi connectivity index (χ4v) is 4.03. The highest BCUT2D eigenvalue weighted by Gasteiger charge is 2.15. The summed E-state index contributed by atoms with van der Waals surface area (Å²) in [5, 5.41) is 13.2. The number of amides is 1. The summed E-state index contributed by atoms with van der Waals surface area (Å²) in [6.45, 7) is 6.72. The van der Waals surface area contributed by atoms with Crippen LogP contribution in [-0.2, 0) is 21.4 Å². The fourth-order valence-electron chi connectivity index (χ4n) is 4.03. The largest absolute Gasteiger partial charge is 0.478 e. The van der Waals surface area contributed by atoms with Crippen molar-refractivity contribution in [1.29, 1.82) is 0 Å². The van der Waals surface area contributed by atoms with Gasteiger partial charge in [0.15, 0.2) is 0 Å². The summed E-state index contributed by atoms with van der Waals surface area (Å²) >= 11 is 0. The first-order valence-electron chi connectivity index (χ1n) is 11.6. The highest BCUT2D eigenvalue weighted by molar-refractivity contribution is 5.95. The summed E-state index contributed by atoms with van der Waals surface area (Å²) in [7, 11) is 0. The summed E-state index contributed by atoms with van der Waals surface area (Å²) in [6, 6.07) is 22.9. The Morgan fingerprint density at radius 3 is 2.34 bits per heavy atom. The highest BCUT2D eigenvalue weighted by Crippen LogP contribution is 2.27. The molecule has 0 spiro atoms. The molecule has 0 aliphatic carbocycles. The van der Waals surface area contributed by atoms with Crippen molar-refractivity contribution in [2.24, 2.45) is 0 Å². The highest BCUT2D eigenvalue weighted by atomic mass is 16.5. The van der Waals surface area contributed by atoms with E-state index >= 15 is 0 Å². The Kier molecular flexibility index (Phi) is 7.03. The number of aromatic carboxylic acids is 1. The quantitative estimate of drug-likeness (QED) is 0.318. The zero-order valence-corrected chi connectivity index (χ0v) is 20.2. The molecule has 1 amide bonds. The van der Waals surface area contributed by atoms with E-state index in [0.29, 0.717) is 13.0 Å². The molecule has 0 atom stereocenters. The smallest absolute Gasteiger partial charge is 0.335 e. The van der Waals surface area contributed by atoms with Crippen LogP contribution in [0.1, 0.15) is 42.3 Å². The van der Waals surface area contributed by atoms with Crippen LogP contribution in [0.5, 0.6) is 0 Å². The fraction of sp³-hybridized carbons (Fsp3) is 0.241. The third-order valence-corrected chi connectivity index (χ3v) is 5.95. The monoisotopic (exact) mass is 470 g/mol. The first-order chi connectivity index (χ1) is 16.7. The molecular weight excluding hydrogens is 440 g/mol. The van der Waals surface area contributed by atoms with E-state index in [2.05, 4.69) is 26.1 Å². The number of benzene rings is 3. The average molecular weight is 471 g/mol. The number of fused-ring (bicyclic) bond motifs is 1. The molecule has 1 aromatic heterocycles. The Morgan fingerprint density at radius 2 is 1.69 bits per heavy atom. The molecule has 6 nitrogen and oxygen atoms in total. The average Bonchev–Trinajstić information content (AvgIpc) is 3.20. The van der Waals surface area contributed by atoms with Crippen LogP contribution in [0.15, 0.2) is 79.0 Å². The molecule has 35 heavy (non-hydrogen) atoms. The van der Waals surface area contributed by atoms with Crippen LogP contribution in [-0.4, -0.2) is 34.8 Å². The number of rotatable bonds is 8. The molecule has 0 unspecified atom stereocenters. The van der Waals surface area contributed by atoms with Crippen LogP contribution in [0.25, 0.3) is 16.6 Å². The van der Waals surface area contributed by atoms with Gasteiger partial charge in [0.25, 0.3) is 0 Å². The maximum Gasteiger partial charge on any atom is 0.335 e. The lowest BCUT2D eigenvalue weighted by atomic mass is 9.87. The molecule has 0 radical (unpaired) electrons. The number of carbonyl (C=O) groups is 2. The Labute approximate surface area is 205 Å². The van der Waals surface area contributed by atoms with E-state index in [4.69, 9.17) is 4.74 Å². The predicted octanol–water partition coefficient (Wildman–Crippen LogP) is 5.82. The number of hydrogen-bond acceptors (Lipinski definition) is 3. The summed E-state index contributed by atoms with van der Waals surface area (Å²) in [5.74, 6) is -1.18. The Bertz CT molecular complexity index is 1330. The third-order valence-electron chi connectivity index (χ3n) is 5.95. The van der Waals surface area contributed by atoms with E-state index < -0.39 is 5.97 Å². The minimum absolute atomic E-state index is 0.0561. The molecule has 4 rings (SSSR count). The van der Waals surface area contributed by atoms with E-state index in [0.717, 1.165) is 27.8 Å². The molecule has 2 N–H and O–H groups in total. The number of nitrogens with zero attached hydrogens (tertiary/aromatic N) is 1. The topological polar surface area (TPSA) is 80.6 Å². The first-order valence-corrected chi connectivity index (χ1v) is 11.6. The molecular formula is C29H30N2O4. The summed E-state index contributed by atoms with van der Waals surface area (Å²) < 4.78 is 7.70. The number of carboxylic acids is 1. The van der Waals surface area contributed by atoms with Gasteiger partial charge in [-0.15, -0.1) is 0 Å². The maximum absolute atomic E-state index is 12.3. The molecule has 0 fully saturated rings. The van der Waals surface area contributed by atoms with Crippen LogP contribution in [0.4, 0.5) is 5.69 Å². The molecule has 0 bridgehead atoms. The third kappa shape index (κ3) is 5.78. The SMILES string of the molecule is CC(C)(C)c1ccc(NC(=O)COCCc2cn(-c3ccccc3)c3ccc(C(=O)O)cc23)cc1. The minimum Gasteiger partial charge on any atom is -0.478 e. The maximum atomic E-state index is 12.3. The number of carbonyl (C=O) groups excluding carboxylic acids is 1. The molecule has 0 saturated carbocycles. The van der Waals surface area contributed by atoms with Crippen LogP contribution in [0.3, 0.4) is 0 Å². The zero-order valence-electron chi connectivity index (χ0n) is 20.2. The second-order valence-electron chi connectivity index (χ2n) is 9.58. The molecule has 0 aliphatic heterocycles. The Balaban J connectivity index is 1.41. The summed E-state index contributed by atoms with van der Waals surface area (Å²) in [4.78, 5) is 23.8. The van der Waals surface area contributed by atoms with Crippen molar-refractivity contribution >= 4 is 28.5 Å². The van der Waals surface area contributed by atoms with Gasteiger partial charge in [-0.05, 0) is 65.4 Å². The van der Waals surface area contributed by atoms with Gasteiger partial charge in [0.1, 0.15) is 6.61 Å². The van der Waals surface area contributed by atoms with Gasteiger partial charge in [0.05, 0.1) is 17.7 Å². The molecule has 1 heterocycles. The molecule has 3 aromatic carbocycles. The lowest BCUT2D eigenvalue weighted by Crippen LogP contribution is -2.19. The second-order valence-corrected chi connectivity index (χ2v) is 9.58. The van der Waals surface area contributed by atoms with Crippen molar-refractivity contribution in [3.05, 3.63) is 95.7 Å².